The molecule has 0 saturated heterocycles. The van der Waals surface area contributed by atoms with Crippen LogP contribution in [0.5, 0.6) is 0 Å². The van der Waals surface area contributed by atoms with E-state index in [-0.39, 0.29) is 11.3 Å². The van der Waals surface area contributed by atoms with Gasteiger partial charge in [0.05, 0.1) is 0 Å². The smallest absolute Gasteiger partial charge is 0.187 e. The summed E-state index contributed by atoms with van der Waals surface area (Å²) in [6.45, 7) is 6.50. The molecule has 0 spiro atoms. The second-order valence-electron chi connectivity index (χ2n) is 7.21. The molecule has 0 radical (unpaired) electrons. The number of aryl methyl sites for hydroxylation is 1. The number of allylic oxidation sites excluding steroid dienone is 1. The number of ketones is 1. The molecule has 2 heteroatoms. The van der Waals surface area contributed by atoms with Crippen molar-refractivity contribution in [2.45, 2.75) is 45.6 Å². The minimum atomic E-state index is -0.0501. The third kappa shape index (κ3) is 3.59. The van der Waals surface area contributed by atoms with E-state index in [4.69, 9.17) is 0 Å². The Labute approximate surface area is 144 Å². The Balaban J connectivity index is 1.91. The van der Waals surface area contributed by atoms with Crippen LogP contribution in [0.4, 0.5) is 0 Å². The van der Waals surface area contributed by atoms with Gasteiger partial charge in [0.1, 0.15) is 0 Å². The normalized spacial score (nSPS) is 17.2. The molecule has 1 aliphatic rings. The van der Waals surface area contributed by atoms with E-state index in [0.717, 1.165) is 36.1 Å². The maximum absolute atomic E-state index is 12.7. The number of benzene rings is 2. The lowest BCUT2D eigenvalue weighted by Gasteiger charge is -2.35. The van der Waals surface area contributed by atoms with Gasteiger partial charge < -0.3 is 5.32 Å². The number of carbonyl (C=O) groups excluding carboxylic acids is 1. The van der Waals surface area contributed by atoms with Crippen LogP contribution in [-0.4, -0.2) is 11.3 Å². The molecule has 0 unspecified atom stereocenters. The summed E-state index contributed by atoms with van der Waals surface area (Å²) < 4.78 is 0. The van der Waals surface area contributed by atoms with Gasteiger partial charge in [-0.05, 0) is 37.8 Å². The van der Waals surface area contributed by atoms with Gasteiger partial charge in [-0.1, -0.05) is 61.9 Å². The fourth-order valence-electron chi connectivity index (χ4n) is 3.34. The van der Waals surface area contributed by atoms with E-state index in [0.29, 0.717) is 0 Å². The third-order valence-corrected chi connectivity index (χ3v) is 4.47. The van der Waals surface area contributed by atoms with Gasteiger partial charge in [0.25, 0.3) is 0 Å². The van der Waals surface area contributed by atoms with Crippen molar-refractivity contribution in [3.8, 4) is 0 Å². The SMILES string of the molecule is CCCc1ccc(C(=O)/C=C2\NC(C)(C)Cc3ccccc32)cc1. The van der Waals surface area contributed by atoms with Crippen molar-refractivity contribution in [1.82, 2.24) is 5.32 Å². The van der Waals surface area contributed by atoms with Gasteiger partial charge in [-0.15, -0.1) is 0 Å². The molecule has 0 atom stereocenters. The predicted octanol–water partition coefficient (Wildman–Crippen LogP) is 4.79. The molecule has 2 aromatic rings. The first kappa shape index (κ1) is 16.5. The fraction of sp³-hybridized carbons (Fsp3) is 0.318. The summed E-state index contributed by atoms with van der Waals surface area (Å²) in [5.74, 6) is 0.0491. The predicted molar refractivity (Wildman–Crippen MR) is 100 cm³/mol. The molecule has 2 nitrogen and oxygen atoms in total. The molecule has 3 rings (SSSR count). The highest BCUT2D eigenvalue weighted by atomic mass is 16.1. The first-order valence-electron chi connectivity index (χ1n) is 8.70. The molecule has 2 aromatic carbocycles. The zero-order valence-corrected chi connectivity index (χ0v) is 14.7. The Morgan fingerprint density at radius 2 is 1.83 bits per heavy atom. The molecule has 1 heterocycles. The highest BCUT2D eigenvalue weighted by Crippen LogP contribution is 2.29. The van der Waals surface area contributed by atoms with Crippen molar-refractivity contribution in [2.75, 3.05) is 0 Å². The molecule has 0 aliphatic carbocycles. The van der Waals surface area contributed by atoms with Gasteiger partial charge in [0.15, 0.2) is 5.78 Å². The number of hydrogen-bond acceptors (Lipinski definition) is 2. The molecule has 0 fully saturated rings. The van der Waals surface area contributed by atoms with E-state index < -0.39 is 0 Å². The van der Waals surface area contributed by atoms with Crippen LogP contribution >= 0.6 is 0 Å². The van der Waals surface area contributed by atoms with Crippen LogP contribution in [0.25, 0.3) is 5.70 Å². The Bertz CT molecular complexity index is 769. The van der Waals surface area contributed by atoms with Crippen LogP contribution in [0.2, 0.25) is 0 Å². The van der Waals surface area contributed by atoms with Crippen molar-refractivity contribution >= 4 is 11.5 Å². The van der Waals surface area contributed by atoms with E-state index in [2.05, 4.69) is 56.4 Å². The first-order chi connectivity index (χ1) is 11.5. The van der Waals surface area contributed by atoms with Crippen LogP contribution in [-0.2, 0) is 12.8 Å². The lowest BCUT2D eigenvalue weighted by molar-refractivity contribution is 0.104. The van der Waals surface area contributed by atoms with Crippen molar-refractivity contribution in [2.24, 2.45) is 0 Å². The standard InChI is InChI=1S/C22H25NO/c1-4-7-16-10-12-17(13-11-16)21(24)14-20-19-9-6-5-8-18(19)15-22(2,3)23-20/h5-6,8-14,23H,4,7,15H2,1-3H3/b20-14-. The minimum Gasteiger partial charge on any atom is -0.379 e. The number of hydrogen-bond donors (Lipinski definition) is 1. The van der Waals surface area contributed by atoms with Gasteiger partial charge in [-0.2, -0.15) is 0 Å². The Morgan fingerprint density at radius 1 is 1.12 bits per heavy atom. The molecule has 0 saturated carbocycles. The van der Waals surface area contributed by atoms with Gasteiger partial charge in [-0.25, -0.2) is 0 Å². The summed E-state index contributed by atoms with van der Waals surface area (Å²) >= 11 is 0. The van der Waals surface area contributed by atoms with E-state index in [1.165, 1.54) is 11.1 Å². The lowest BCUT2D eigenvalue weighted by atomic mass is 9.85. The van der Waals surface area contributed by atoms with Crippen LogP contribution in [0, 0.1) is 0 Å². The fourth-order valence-corrected chi connectivity index (χ4v) is 3.34. The van der Waals surface area contributed by atoms with E-state index in [1.54, 1.807) is 6.08 Å². The zero-order valence-electron chi connectivity index (χ0n) is 14.7. The van der Waals surface area contributed by atoms with Crippen LogP contribution in [0.3, 0.4) is 0 Å². The second kappa shape index (κ2) is 6.64. The second-order valence-corrected chi connectivity index (χ2v) is 7.21. The molecule has 0 bridgehead atoms. The Kier molecular flexibility index (Phi) is 4.57. The van der Waals surface area contributed by atoms with Crippen LogP contribution in [0.15, 0.2) is 54.6 Å². The van der Waals surface area contributed by atoms with Crippen LogP contribution < -0.4 is 5.32 Å². The summed E-state index contributed by atoms with van der Waals surface area (Å²) in [4.78, 5) is 12.7. The topological polar surface area (TPSA) is 29.1 Å². The number of carbonyl (C=O) groups is 1. The molecule has 24 heavy (non-hydrogen) atoms. The highest BCUT2D eigenvalue weighted by Gasteiger charge is 2.27. The summed E-state index contributed by atoms with van der Waals surface area (Å²) in [7, 11) is 0. The average molecular weight is 319 g/mol. The summed E-state index contributed by atoms with van der Waals surface area (Å²) in [5, 5.41) is 3.52. The largest absolute Gasteiger partial charge is 0.379 e. The quantitative estimate of drug-likeness (QED) is 0.648. The van der Waals surface area contributed by atoms with Gasteiger partial charge in [0.2, 0.25) is 0 Å². The Hall–Kier alpha value is -2.35. The lowest BCUT2D eigenvalue weighted by Crippen LogP contribution is -2.43. The number of fused-ring (bicyclic) bond motifs is 1. The monoisotopic (exact) mass is 319 g/mol. The number of rotatable bonds is 4. The van der Waals surface area contributed by atoms with E-state index in [9.17, 15) is 4.79 Å². The molecule has 1 N–H and O–H groups in total. The van der Waals surface area contributed by atoms with Crippen molar-refractivity contribution in [3.63, 3.8) is 0 Å². The van der Waals surface area contributed by atoms with Gasteiger partial charge in [-0.3, -0.25) is 4.79 Å². The summed E-state index contributed by atoms with van der Waals surface area (Å²) in [6, 6.07) is 16.3. The van der Waals surface area contributed by atoms with E-state index in [1.807, 2.05) is 18.2 Å². The van der Waals surface area contributed by atoms with E-state index >= 15 is 0 Å². The van der Waals surface area contributed by atoms with Crippen molar-refractivity contribution in [3.05, 3.63) is 76.9 Å². The number of nitrogens with one attached hydrogen (secondary N) is 1. The summed E-state index contributed by atoms with van der Waals surface area (Å²) in [6.07, 6.45) is 4.88. The maximum atomic E-state index is 12.7. The zero-order chi connectivity index (χ0) is 17.2. The average Bonchev–Trinajstić information content (AvgIpc) is 2.54. The Morgan fingerprint density at radius 3 is 2.54 bits per heavy atom. The van der Waals surface area contributed by atoms with Crippen molar-refractivity contribution in [1.29, 1.82) is 0 Å². The molecule has 0 amide bonds. The first-order valence-corrected chi connectivity index (χ1v) is 8.70. The van der Waals surface area contributed by atoms with Crippen LogP contribution in [0.1, 0.15) is 54.2 Å². The van der Waals surface area contributed by atoms with Gasteiger partial charge in [0, 0.05) is 28.4 Å². The summed E-state index contributed by atoms with van der Waals surface area (Å²) in [5.41, 5.74) is 5.32. The van der Waals surface area contributed by atoms with Gasteiger partial charge >= 0.3 is 0 Å². The maximum Gasteiger partial charge on any atom is 0.187 e. The molecule has 124 valence electrons. The third-order valence-electron chi connectivity index (χ3n) is 4.47. The molecule has 0 aromatic heterocycles. The molecule has 1 aliphatic heterocycles. The molecular formula is C22H25NO. The molecular weight excluding hydrogens is 294 g/mol. The highest BCUT2D eigenvalue weighted by molar-refractivity contribution is 6.08. The minimum absolute atomic E-state index is 0.0491. The van der Waals surface area contributed by atoms with Crippen molar-refractivity contribution < 1.29 is 4.79 Å².